The van der Waals surface area contributed by atoms with Gasteiger partial charge in [0.1, 0.15) is 0 Å². The van der Waals surface area contributed by atoms with Crippen molar-refractivity contribution in [2.24, 2.45) is 11.1 Å². The second kappa shape index (κ2) is 5.10. The maximum Gasteiger partial charge on any atom is 0.0599 e. The van der Waals surface area contributed by atoms with E-state index in [-0.39, 0.29) is 12.6 Å². The zero-order valence-corrected chi connectivity index (χ0v) is 9.50. The lowest BCUT2D eigenvalue weighted by atomic mass is 9.85. The molecule has 1 atom stereocenters. The summed E-state index contributed by atoms with van der Waals surface area (Å²) in [4.78, 5) is 2.34. The molecule has 1 saturated heterocycles. The van der Waals surface area contributed by atoms with E-state index in [1.54, 1.807) is 0 Å². The second-order valence-electron chi connectivity index (χ2n) is 5.13. The van der Waals surface area contributed by atoms with E-state index in [1.165, 1.54) is 19.3 Å². The van der Waals surface area contributed by atoms with Crippen LogP contribution in [0.4, 0.5) is 0 Å². The molecule has 0 aromatic carbocycles. The van der Waals surface area contributed by atoms with Crippen LogP contribution in [-0.4, -0.2) is 42.3 Å². The van der Waals surface area contributed by atoms with Crippen LogP contribution in [0.1, 0.15) is 33.1 Å². The predicted molar refractivity (Wildman–Crippen MR) is 59.1 cm³/mol. The van der Waals surface area contributed by atoms with E-state index in [1.807, 2.05) is 0 Å². The molecule has 0 bridgehead atoms. The molecule has 0 aromatic heterocycles. The molecule has 14 heavy (non-hydrogen) atoms. The summed E-state index contributed by atoms with van der Waals surface area (Å²) in [5.41, 5.74) is 6.09. The van der Waals surface area contributed by atoms with Crippen LogP contribution in [0.2, 0.25) is 0 Å². The topological polar surface area (TPSA) is 49.5 Å². The number of hydrogen-bond donors (Lipinski definition) is 2. The Labute approximate surface area is 87.3 Å². The van der Waals surface area contributed by atoms with E-state index in [2.05, 4.69) is 18.7 Å². The Balaban J connectivity index is 2.48. The van der Waals surface area contributed by atoms with Gasteiger partial charge in [-0.05, 0) is 37.8 Å². The largest absolute Gasteiger partial charge is 0.395 e. The minimum absolute atomic E-state index is 0.170. The minimum atomic E-state index is 0.170. The summed E-state index contributed by atoms with van der Waals surface area (Å²) >= 11 is 0. The van der Waals surface area contributed by atoms with Crippen molar-refractivity contribution in [2.45, 2.75) is 39.2 Å². The fourth-order valence-electron chi connectivity index (χ4n) is 2.15. The van der Waals surface area contributed by atoms with Gasteiger partial charge in [-0.1, -0.05) is 13.8 Å². The molecule has 84 valence electrons. The molecule has 3 nitrogen and oxygen atoms in total. The van der Waals surface area contributed by atoms with Gasteiger partial charge in [0.25, 0.3) is 0 Å². The summed E-state index contributed by atoms with van der Waals surface area (Å²) in [5, 5.41) is 9.18. The van der Waals surface area contributed by atoms with Gasteiger partial charge in [0.15, 0.2) is 0 Å². The lowest BCUT2D eigenvalue weighted by Crippen LogP contribution is -2.43. The fourth-order valence-corrected chi connectivity index (χ4v) is 2.15. The molecule has 0 saturated carbocycles. The zero-order chi connectivity index (χ0) is 10.6. The summed E-state index contributed by atoms with van der Waals surface area (Å²) < 4.78 is 0. The maximum absolute atomic E-state index is 9.18. The second-order valence-corrected chi connectivity index (χ2v) is 5.13. The highest BCUT2D eigenvalue weighted by Crippen LogP contribution is 2.30. The fraction of sp³-hybridized carbons (Fsp3) is 1.00. The van der Waals surface area contributed by atoms with Gasteiger partial charge in [-0.25, -0.2) is 0 Å². The average molecular weight is 200 g/mol. The molecule has 1 heterocycles. The number of likely N-dealkylation sites (tertiary alicyclic amines) is 1. The summed E-state index contributed by atoms with van der Waals surface area (Å²) in [6, 6.07) is 0.170. The Bertz CT molecular complexity index is 167. The first kappa shape index (κ1) is 12.0. The van der Waals surface area contributed by atoms with Crippen LogP contribution in [0.5, 0.6) is 0 Å². The number of hydrogen-bond acceptors (Lipinski definition) is 3. The molecule has 0 radical (unpaired) electrons. The number of aliphatic hydroxyl groups excluding tert-OH is 1. The van der Waals surface area contributed by atoms with Gasteiger partial charge in [-0.15, -0.1) is 0 Å². The lowest BCUT2D eigenvalue weighted by Gasteiger charge is -2.28. The van der Waals surface area contributed by atoms with Crippen LogP contribution in [0.25, 0.3) is 0 Å². The molecule has 0 spiro atoms. The summed E-state index contributed by atoms with van der Waals surface area (Å²) in [7, 11) is 0. The predicted octanol–water partition coefficient (Wildman–Crippen LogP) is 0.818. The Hall–Kier alpha value is -0.120. The molecule has 0 amide bonds. The van der Waals surface area contributed by atoms with E-state index >= 15 is 0 Å². The molecule has 1 rings (SSSR count). The van der Waals surface area contributed by atoms with Crippen molar-refractivity contribution in [1.82, 2.24) is 4.90 Å². The van der Waals surface area contributed by atoms with Gasteiger partial charge in [0.2, 0.25) is 0 Å². The molecule has 0 aliphatic carbocycles. The van der Waals surface area contributed by atoms with Crippen molar-refractivity contribution in [3.8, 4) is 0 Å². The first-order valence-electron chi connectivity index (χ1n) is 5.64. The van der Waals surface area contributed by atoms with Crippen LogP contribution in [-0.2, 0) is 0 Å². The molecular weight excluding hydrogens is 176 g/mol. The third-order valence-corrected chi connectivity index (χ3v) is 3.37. The minimum Gasteiger partial charge on any atom is -0.395 e. The molecule has 1 fully saturated rings. The smallest absolute Gasteiger partial charge is 0.0599 e. The molecular formula is C11H24N2O. The van der Waals surface area contributed by atoms with Gasteiger partial charge in [0, 0.05) is 12.6 Å². The normalized spacial score (nSPS) is 25.7. The van der Waals surface area contributed by atoms with Gasteiger partial charge >= 0.3 is 0 Å². The Kier molecular flexibility index (Phi) is 4.35. The maximum atomic E-state index is 9.18. The number of rotatable bonds is 3. The highest BCUT2D eigenvalue weighted by atomic mass is 16.3. The first-order chi connectivity index (χ1) is 6.59. The van der Waals surface area contributed by atoms with Crippen molar-refractivity contribution in [3.63, 3.8) is 0 Å². The van der Waals surface area contributed by atoms with Crippen molar-refractivity contribution in [3.05, 3.63) is 0 Å². The van der Waals surface area contributed by atoms with Gasteiger partial charge in [-0.2, -0.15) is 0 Å². The van der Waals surface area contributed by atoms with Crippen LogP contribution >= 0.6 is 0 Å². The zero-order valence-electron chi connectivity index (χ0n) is 9.50. The quantitative estimate of drug-likeness (QED) is 0.709. The van der Waals surface area contributed by atoms with E-state index in [4.69, 9.17) is 5.73 Å². The molecule has 1 aliphatic rings. The van der Waals surface area contributed by atoms with Crippen molar-refractivity contribution >= 4 is 0 Å². The first-order valence-corrected chi connectivity index (χ1v) is 5.64. The number of aliphatic hydroxyl groups is 1. The van der Waals surface area contributed by atoms with E-state index in [9.17, 15) is 5.11 Å². The van der Waals surface area contributed by atoms with Crippen molar-refractivity contribution in [2.75, 3.05) is 26.2 Å². The van der Waals surface area contributed by atoms with Crippen LogP contribution in [0.15, 0.2) is 0 Å². The Morgan fingerprint density at radius 2 is 2.07 bits per heavy atom. The van der Waals surface area contributed by atoms with Gasteiger partial charge < -0.3 is 10.8 Å². The molecule has 3 heteroatoms. The standard InChI is InChI=1S/C11H24N2O/c1-11(2)4-3-6-13(7-5-11)10(8-12)9-14/h10,14H,3-9,12H2,1-2H3. The van der Waals surface area contributed by atoms with Crippen molar-refractivity contribution < 1.29 is 5.11 Å². The third-order valence-electron chi connectivity index (χ3n) is 3.37. The summed E-state index contributed by atoms with van der Waals surface area (Å²) in [6.45, 7) is 7.58. The summed E-state index contributed by atoms with van der Waals surface area (Å²) in [5.74, 6) is 0. The number of nitrogens with zero attached hydrogens (tertiary/aromatic N) is 1. The molecule has 1 aliphatic heterocycles. The van der Waals surface area contributed by atoms with Crippen LogP contribution in [0.3, 0.4) is 0 Å². The van der Waals surface area contributed by atoms with E-state index < -0.39 is 0 Å². The third kappa shape index (κ3) is 3.23. The van der Waals surface area contributed by atoms with Crippen LogP contribution in [0, 0.1) is 5.41 Å². The monoisotopic (exact) mass is 200 g/mol. The lowest BCUT2D eigenvalue weighted by molar-refractivity contribution is 0.127. The summed E-state index contributed by atoms with van der Waals surface area (Å²) in [6.07, 6.45) is 3.72. The SMILES string of the molecule is CC1(C)CCCN(C(CN)CO)CC1. The van der Waals surface area contributed by atoms with E-state index in [0.29, 0.717) is 12.0 Å². The molecule has 0 aromatic rings. The van der Waals surface area contributed by atoms with Crippen molar-refractivity contribution in [1.29, 1.82) is 0 Å². The Morgan fingerprint density at radius 3 is 2.64 bits per heavy atom. The highest BCUT2D eigenvalue weighted by molar-refractivity contribution is 4.80. The Morgan fingerprint density at radius 1 is 1.36 bits per heavy atom. The van der Waals surface area contributed by atoms with Gasteiger partial charge in [0.05, 0.1) is 6.61 Å². The van der Waals surface area contributed by atoms with Crippen LogP contribution < -0.4 is 5.73 Å². The molecule has 3 N–H and O–H groups in total. The number of nitrogens with two attached hydrogens (primary N) is 1. The van der Waals surface area contributed by atoms with E-state index in [0.717, 1.165) is 13.1 Å². The average Bonchev–Trinajstić information content (AvgIpc) is 2.30. The van der Waals surface area contributed by atoms with Gasteiger partial charge in [-0.3, -0.25) is 4.90 Å². The highest BCUT2D eigenvalue weighted by Gasteiger charge is 2.25. The molecule has 1 unspecified atom stereocenters.